The van der Waals surface area contributed by atoms with E-state index in [-0.39, 0.29) is 5.91 Å². The molecule has 2 aromatic carbocycles. The highest BCUT2D eigenvalue weighted by atomic mass is 16.1. The smallest absolute Gasteiger partial charge is 0.255 e. The highest BCUT2D eigenvalue weighted by Gasteiger charge is 2.08. The Kier molecular flexibility index (Phi) is 4.00. The third-order valence-electron chi connectivity index (χ3n) is 3.21. The molecule has 2 heteroatoms. The molecule has 2 nitrogen and oxygen atoms in total. The number of aryl methyl sites for hydroxylation is 1. The van der Waals surface area contributed by atoms with Gasteiger partial charge in [-0.2, -0.15) is 0 Å². The Balaban J connectivity index is 2.24. The first-order valence-corrected chi connectivity index (χ1v) is 6.55. The highest BCUT2D eigenvalue weighted by Crippen LogP contribution is 2.22. The van der Waals surface area contributed by atoms with Crippen LogP contribution in [0.5, 0.6) is 0 Å². The fourth-order valence-electron chi connectivity index (χ4n) is 1.92. The van der Waals surface area contributed by atoms with Crippen molar-refractivity contribution in [3.63, 3.8) is 0 Å². The van der Waals surface area contributed by atoms with E-state index in [1.165, 1.54) is 5.56 Å². The van der Waals surface area contributed by atoms with E-state index in [4.69, 9.17) is 0 Å². The molecule has 0 saturated heterocycles. The lowest BCUT2D eigenvalue weighted by Crippen LogP contribution is -2.12. The van der Waals surface area contributed by atoms with Gasteiger partial charge in [-0.1, -0.05) is 44.2 Å². The van der Waals surface area contributed by atoms with Gasteiger partial charge in [0, 0.05) is 11.3 Å². The van der Waals surface area contributed by atoms with Crippen molar-refractivity contribution >= 4 is 11.6 Å². The van der Waals surface area contributed by atoms with Crippen molar-refractivity contribution < 1.29 is 4.79 Å². The quantitative estimate of drug-likeness (QED) is 0.864. The normalized spacial score (nSPS) is 10.5. The van der Waals surface area contributed by atoms with Gasteiger partial charge in [-0.25, -0.2) is 0 Å². The van der Waals surface area contributed by atoms with E-state index >= 15 is 0 Å². The lowest BCUT2D eigenvalue weighted by Gasteiger charge is -2.12. The molecule has 0 bridgehead atoms. The zero-order chi connectivity index (χ0) is 13.8. The first-order valence-electron chi connectivity index (χ1n) is 6.55. The van der Waals surface area contributed by atoms with E-state index in [9.17, 15) is 4.79 Å². The Morgan fingerprint density at radius 1 is 1.05 bits per heavy atom. The summed E-state index contributed by atoms with van der Waals surface area (Å²) in [4.78, 5) is 12.1. The molecule has 1 amide bonds. The Morgan fingerprint density at radius 2 is 1.74 bits per heavy atom. The molecule has 0 fully saturated rings. The predicted molar refractivity (Wildman–Crippen MR) is 79.7 cm³/mol. The number of rotatable bonds is 3. The van der Waals surface area contributed by atoms with E-state index in [2.05, 4.69) is 37.4 Å². The van der Waals surface area contributed by atoms with Crippen LogP contribution in [0.15, 0.2) is 48.5 Å². The second-order valence-corrected chi connectivity index (χ2v) is 5.05. The van der Waals surface area contributed by atoms with Gasteiger partial charge < -0.3 is 5.32 Å². The molecule has 0 aromatic heterocycles. The maximum atomic E-state index is 12.1. The summed E-state index contributed by atoms with van der Waals surface area (Å²) in [7, 11) is 0. The van der Waals surface area contributed by atoms with Crippen LogP contribution < -0.4 is 5.32 Å². The lowest BCUT2D eigenvalue weighted by atomic mass is 10.0. The van der Waals surface area contributed by atoms with Crippen LogP contribution >= 0.6 is 0 Å². The number of nitrogens with one attached hydrogen (secondary N) is 1. The minimum absolute atomic E-state index is 0.0652. The van der Waals surface area contributed by atoms with Crippen molar-refractivity contribution in [2.75, 3.05) is 5.32 Å². The van der Waals surface area contributed by atoms with Gasteiger partial charge >= 0.3 is 0 Å². The summed E-state index contributed by atoms with van der Waals surface area (Å²) in [5.74, 6) is 0.387. The largest absolute Gasteiger partial charge is 0.322 e. The van der Waals surface area contributed by atoms with Crippen LogP contribution in [0.2, 0.25) is 0 Å². The summed E-state index contributed by atoms with van der Waals surface area (Å²) in [5, 5.41) is 2.98. The van der Waals surface area contributed by atoms with E-state index in [1.54, 1.807) is 0 Å². The Labute approximate surface area is 114 Å². The fourth-order valence-corrected chi connectivity index (χ4v) is 1.92. The van der Waals surface area contributed by atoms with Gasteiger partial charge in [0.15, 0.2) is 0 Å². The van der Waals surface area contributed by atoms with Crippen LogP contribution in [0.1, 0.15) is 41.3 Å². The number of carbonyl (C=O) groups excluding carboxylic acids is 1. The molecule has 2 aromatic rings. The topological polar surface area (TPSA) is 29.1 Å². The van der Waals surface area contributed by atoms with Gasteiger partial charge in [0.1, 0.15) is 0 Å². The first-order chi connectivity index (χ1) is 9.08. The molecule has 19 heavy (non-hydrogen) atoms. The van der Waals surface area contributed by atoms with Crippen LogP contribution in [-0.4, -0.2) is 5.91 Å². The van der Waals surface area contributed by atoms with Gasteiger partial charge in [0.05, 0.1) is 0 Å². The van der Waals surface area contributed by atoms with Crippen LogP contribution in [0.3, 0.4) is 0 Å². The Morgan fingerprint density at radius 3 is 2.37 bits per heavy atom. The lowest BCUT2D eigenvalue weighted by molar-refractivity contribution is 0.102. The summed E-state index contributed by atoms with van der Waals surface area (Å²) in [6.45, 7) is 6.30. The summed E-state index contributed by atoms with van der Waals surface area (Å²) in [5.41, 5.74) is 3.87. The van der Waals surface area contributed by atoms with Crippen LogP contribution in [0, 0.1) is 6.92 Å². The number of amides is 1. The minimum atomic E-state index is -0.0652. The minimum Gasteiger partial charge on any atom is -0.322 e. The van der Waals surface area contributed by atoms with E-state index < -0.39 is 0 Å². The second-order valence-electron chi connectivity index (χ2n) is 5.05. The first kappa shape index (κ1) is 13.3. The standard InChI is InChI=1S/C17H19NO/c1-12(2)15-10-9-13(3)16(11-15)18-17(19)14-7-5-4-6-8-14/h4-12H,1-3H3,(H,18,19). The maximum Gasteiger partial charge on any atom is 0.255 e. The van der Waals surface area contributed by atoms with E-state index in [1.807, 2.05) is 37.3 Å². The number of anilines is 1. The average molecular weight is 253 g/mol. The molecule has 98 valence electrons. The average Bonchev–Trinajstić information content (AvgIpc) is 2.42. The molecule has 0 saturated carbocycles. The number of hydrogen-bond donors (Lipinski definition) is 1. The van der Waals surface area contributed by atoms with Crippen molar-refractivity contribution in [3.05, 3.63) is 65.2 Å². The summed E-state index contributed by atoms with van der Waals surface area (Å²) < 4.78 is 0. The summed E-state index contributed by atoms with van der Waals surface area (Å²) >= 11 is 0. The summed E-state index contributed by atoms with van der Waals surface area (Å²) in [6.07, 6.45) is 0. The monoisotopic (exact) mass is 253 g/mol. The van der Waals surface area contributed by atoms with Crippen molar-refractivity contribution in [1.29, 1.82) is 0 Å². The van der Waals surface area contributed by atoms with Gasteiger partial charge in [-0.15, -0.1) is 0 Å². The molecular formula is C17H19NO. The molecule has 0 unspecified atom stereocenters. The molecule has 1 N–H and O–H groups in total. The Hall–Kier alpha value is -2.09. The fraction of sp³-hybridized carbons (Fsp3) is 0.235. The van der Waals surface area contributed by atoms with Crippen LogP contribution in [-0.2, 0) is 0 Å². The van der Waals surface area contributed by atoms with Gasteiger partial charge in [-0.3, -0.25) is 4.79 Å². The third kappa shape index (κ3) is 3.22. The number of benzene rings is 2. The van der Waals surface area contributed by atoms with Crippen molar-refractivity contribution in [2.45, 2.75) is 26.7 Å². The van der Waals surface area contributed by atoms with Crippen molar-refractivity contribution in [2.24, 2.45) is 0 Å². The molecule has 2 rings (SSSR count). The zero-order valence-electron chi connectivity index (χ0n) is 11.6. The molecule has 0 heterocycles. The molecule has 0 aliphatic heterocycles. The number of hydrogen-bond acceptors (Lipinski definition) is 1. The molecule has 0 spiro atoms. The van der Waals surface area contributed by atoms with Crippen molar-refractivity contribution in [1.82, 2.24) is 0 Å². The molecule has 0 aliphatic rings. The summed E-state index contributed by atoms with van der Waals surface area (Å²) in [6, 6.07) is 15.5. The predicted octanol–water partition coefficient (Wildman–Crippen LogP) is 4.37. The number of carbonyl (C=O) groups is 1. The van der Waals surface area contributed by atoms with Gasteiger partial charge in [0.25, 0.3) is 5.91 Å². The highest BCUT2D eigenvalue weighted by molar-refractivity contribution is 6.04. The van der Waals surface area contributed by atoms with Crippen LogP contribution in [0.4, 0.5) is 5.69 Å². The van der Waals surface area contributed by atoms with Crippen molar-refractivity contribution in [3.8, 4) is 0 Å². The maximum absolute atomic E-state index is 12.1. The SMILES string of the molecule is Cc1ccc(C(C)C)cc1NC(=O)c1ccccc1. The van der Waals surface area contributed by atoms with Gasteiger partial charge in [0.2, 0.25) is 0 Å². The van der Waals surface area contributed by atoms with Gasteiger partial charge in [-0.05, 0) is 42.2 Å². The molecular weight excluding hydrogens is 234 g/mol. The Bertz CT molecular complexity index is 573. The molecule has 0 aliphatic carbocycles. The second kappa shape index (κ2) is 5.70. The third-order valence-corrected chi connectivity index (χ3v) is 3.21. The molecule has 0 atom stereocenters. The van der Waals surface area contributed by atoms with Crippen LogP contribution in [0.25, 0.3) is 0 Å². The zero-order valence-corrected chi connectivity index (χ0v) is 11.6. The van der Waals surface area contributed by atoms with E-state index in [0.29, 0.717) is 11.5 Å². The molecule has 0 radical (unpaired) electrons. The van der Waals surface area contributed by atoms with E-state index in [0.717, 1.165) is 11.3 Å².